The van der Waals surface area contributed by atoms with Crippen molar-refractivity contribution in [3.63, 3.8) is 0 Å². The maximum absolute atomic E-state index is 16.5. The number of carbonyl (C=O) groups excluding carboxylic acids is 1. The fraction of sp³-hybridized carbons (Fsp3) is 0.923. The van der Waals surface area contributed by atoms with Crippen molar-refractivity contribution in [3.05, 3.63) is 0 Å². The zero-order valence-electron chi connectivity index (χ0n) is 25.4. The third-order valence-corrected chi connectivity index (χ3v) is 8.29. The second-order valence-electron chi connectivity index (χ2n) is 11.8. The van der Waals surface area contributed by atoms with E-state index < -0.39 is 104 Å². The highest BCUT2D eigenvalue weighted by molar-refractivity contribution is 5.80. The molecule has 0 radical (unpaired) electrons. The third kappa shape index (κ3) is 9.60. The van der Waals surface area contributed by atoms with Crippen LogP contribution in [-0.2, 0) is 23.7 Å². The van der Waals surface area contributed by atoms with Crippen molar-refractivity contribution in [2.24, 2.45) is 22.9 Å². The lowest BCUT2D eigenvalue weighted by atomic mass is 9.84. The molecule has 0 spiro atoms. The molecule has 8 unspecified atom stereocenters. The minimum Gasteiger partial charge on any atom is -0.396 e. The van der Waals surface area contributed by atoms with Crippen molar-refractivity contribution < 1.29 is 58.8 Å². The molecule has 18 N–H and O–H groups in total. The molecule has 46 heavy (non-hydrogen) atoms. The van der Waals surface area contributed by atoms with Gasteiger partial charge in [-0.2, -0.15) is 0 Å². The fourth-order valence-electron chi connectivity index (χ4n) is 5.70. The number of aliphatic hydroxyl groups excluding tert-OH is 6. The molecule has 2 heterocycles. The molecule has 15 atom stereocenters. The van der Waals surface area contributed by atoms with E-state index in [0.717, 1.165) is 0 Å². The first-order chi connectivity index (χ1) is 21.9. The molecule has 1 amide bonds. The largest absolute Gasteiger partial charge is 0.396 e. The minimum atomic E-state index is -2.14. The molecule has 1 aliphatic carbocycles. The Hall–Kier alpha value is -1.89. The van der Waals surface area contributed by atoms with Crippen LogP contribution < -0.4 is 38.9 Å². The maximum atomic E-state index is 16.5. The van der Waals surface area contributed by atoms with Crippen molar-refractivity contribution in [1.82, 2.24) is 16.0 Å². The molecule has 1 saturated carbocycles. The van der Waals surface area contributed by atoms with Gasteiger partial charge in [0.1, 0.15) is 36.6 Å². The lowest BCUT2D eigenvalue weighted by Crippen LogP contribution is -2.69. The molecule has 2 saturated heterocycles. The van der Waals surface area contributed by atoms with E-state index in [1.165, 1.54) is 0 Å². The maximum Gasteiger partial charge on any atom is 0.249 e. The van der Waals surface area contributed by atoms with Gasteiger partial charge in [-0.15, -0.1) is 0 Å². The highest BCUT2D eigenvalue weighted by Gasteiger charge is 2.53. The molecule has 19 nitrogen and oxygen atoms in total. The number of rotatable bonds is 14. The van der Waals surface area contributed by atoms with Gasteiger partial charge in [0, 0.05) is 25.7 Å². The van der Waals surface area contributed by atoms with Gasteiger partial charge >= 0.3 is 0 Å². The monoisotopic (exact) mass is 670 g/mol. The van der Waals surface area contributed by atoms with Crippen LogP contribution in [0.1, 0.15) is 25.7 Å². The van der Waals surface area contributed by atoms with Gasteiger partial charge in [-0.3, -0.25) is 10.2 Å². The number of hydrogen-bond acceptors (Lipinski definition) is 16. The number of halogens is 1. The Morgan fingerprint density at radius 2 is 1.65 bits per heavy atom. The van der Waals surface area contributed by atoms with Gasteiger partial charge in [0.05, 0.1) is 36.9 Å². The minimum absolute atomic E-state index is 0.00822. The van der Waals surface area contributed by atoms with E-state index >= 15 is 4.39 Å². The summed E-state index contributed by atoms with van der Waals surface area (Å²) >= 11 is 0. The van der Waals surface area contributed by atoms with Gasteiger partial charge in [0.2, 0.25) is 5.91 Å². The van der Waals surface area contributed by atoms with Crippen LogP contribution in [0.4, 0.5) is 4.39 Å². The van der Waals surface area contributed by atoms with Crippen LogP contribution in [0, 0.1) is 5.41 Å². The average Bonchev–Trinajstić information content (AvgIpc) is 3.01. The molecule has 0 aromatic heterocycles. The Morgan fingerprint density at radius 3 is 2.28 bits per heavy atom. The predicted octanol–water partition coefficient (Wildman–Crippen LogP) is -6.91. The summed E-state index contributed by atoms with van der Waals surface area (Å²) in [6.07, 6.45) is -16.0. The number of alkyl halides is 1. The molecule has 0 bridgehead atoms. The number of nitrogens with two attached hydrogens (primary N) is 4. The number of ether oxygens (including phenoxy) is 4. The summed E-state index contributed by atoms with van der Waals surface area (Å²) in [6, 6.07) is -4.50. The first-order valence-electron chi connectivity index (χ1n) is 15.4. The van der Waals surface area contributed by atoms with Gasteiger partial charge in [0.15, 0.2) is 24.7 Å². The molecule has 0 aromatic rings. The molecule has 20 heteroatoms. The van der Waals surface area contributed by atoms with Crippen molar-refractivity contribution in [1.29, 1.82) is 5.41 Å². The summed E-state index contributed by atoms with van der Waals surface area (Å²) in [4.78, 5) is 12.7. The highest BCUT2D eigenvalue weighted by atomic mass is 19.1. The number of hydrogen-bond donors (Lipinski definition) is 14. The molecular weight excluding hydrogens is 619 g/mol. The number of carbonyl (C=O) groups is 1. The zero-order valence-corrected chi connectivity index (χ0v) is 25.4. The summed E-state index contributed by atoms with van der Waals surface area (Å²) < 4.78 is 39.6. The number of guanidine groups is 1. The van der Waals surface area contributed by atoms with E-state index in [-0.39, 0.29) is 51.5 Å². The quantitative estimate of drug-likeness (QED) is 0.0463. The van der Waals surface area contributed by atoms with Gasteiger partial charge in [-0.05, 0) is 32.2 Å². The Bertz CT molecular complexity index is 966. The van der Waals surface area contributed by atoms with Crippen molar-refractivity contribution in [2.75, 3.05) is 32.8 Å². The van der Waals surface area contributed by atoms with Crippen LogP contribution in [0.3, 0.4) is 0 Å². The normalized spacial score (nSPS) is 40.6. The van der Waals surface area contributed by atoms with Gasteiger partial charge < -0.3 is 88.5 Å². The Labute approximate surface area is 265 Å². The molecule has 3 fully saturated rings. The summed E-state index contributed by atoms with van der Waals surface area (Å²) in [7, 11) is 0. The van der Waals surface area contributed by atoms with Crippen LogP contribution >= 0.6 is 0 Å². The third-order valence-electron chi connectivity index (χ3n) is 8.29. The first-order valence-corrected chi connectivity index (χ1v) is 15.4. The SMILES string of the molecule is N=C(NCCCO)NC1C(O)[C@@H](CO)OC(OC2C(F)[C@H](O[C@H]3OC(CN)[C@@H](O)CC3N)C(N)C[C@H]2NC(=O)[C@@H](O)CCN)[C@@H]1O. The summed E-state index contributed by atoms with van der Waals surface area (Å²) in [5.74, 6) is -1.20. The van der Waals surface area contributed by atoms with Gasteiger partial charge in [0.25, 0.3) is 0 Å². The predicted molar refractivity (Wildman–Crippen MR) is 157 cm³/mol. The van der Waals surface area contributed by atoms with E-state index in [1.807, 2.05) is 0 Å². The van der Waals surface area contributed by atoms with E-state index in [9.17, 15) is 30.3 Å². The second kappa shape index (κ2) is 18.0. The van der Waals surface area contributed by atoms with Crippen LogP contribution in [0.25, 0.3) is 0 Å². The number of nitrogens with one attached hydrogen (secondary N) is 4. The van der Waals surface area contributed by atoms with E-state index in [4.69, 9.17) is 52.4 Å². The van der Waals surface area contributed by atoms with Crippen LogP contribution in [-0.4, -0.2) is 167 Å². The summed E-state index contributed by atoms with van der Waals surface area (Å²) in [6.45, 7) is -0.751. The topological polar surface area (TPSA) is 339 Å². The van der Waals surface area contributed by atoms with Crippen LogP contribution in [0.15, 0.2) is 0 Å². The number of aliphatic hydroxyl groups is 6. The van der Waals surface area contributed by atoms with Crippen molar-refractivity contribution >= 4 is 11.9 Å². The molecular formula is C26H51FN8O11. The second-order valence-corrected chi connectivity index (χ2v) is 11.8. The molecule has 2 aliphatic heterocycles. The number of amides is 1. The van der Waals surface area contributed by atoms with E-state index in [2.05, 4.69) is 16.0 Å². The molecule has 3 aliphatic rings. The Balaban J connectivity index is 1.85. The fourth-order valence-corrected chi connectivity index (χ4v) is 5.70. The van der Waals surface area contributed by atoms with E-state index in [0.29, 0.717) is 6.42 Å². The Kier molecular flexibility index (Phi) is 15.1. The molecule has 0 aromatic carbocycles. The summed E-state index contributed by atoms with van der Waals surface area (Å²) in [5.41, 5.74) is 23.5. The van der Waals surface area contributed by atoms with Crippen LogP contribution in [0.5, 0.6) is 0 Å². The smallest absolute Gasteiger partial charge is 0.249 e. The summed E-state index contributed by atoms with van der Waals surface area (Å²) in [5, 5.41) is 76.9. The van der Waals surface area contributed by atoms with E-state index in [1.54, 1.807) is 0 Å². The zero-order chi connectivity index (χ0) is 34.1. The highest BCUT2D eigenvalue weighted by Crippen LogP contribution is 2.33. The lowest BCUT2D eigenvalue weighted by Gasteiger charge is -2.48. The van der Waals surface area contributed by atoms with Crippen molar-refractivity contribution in [3.8, 4) is 0 Å². The van der Waals surface area contributed by atoms with Gasteiger partial charge in [-0.1, -0.05) is 0 Å². The molecule has 268 valence electrons. The lowest BCUT2D eigenvalue weighted by molar-refractivity contribution is -0.311. The van der Waals surface area contributed by atoms with Crippen molar-refractivity contribution in [2.45, 2.75) is 117 Å². The standard InChI is InChI=1S/C26H51FN8O11/c27-17-21(45-24-11(31)7-14(39)15(8-29)43-24)10(30)6-12(34-23(42)13(38)2-3-28)22(17)46-25-20(41)18(19(40)16(9-37)44-25)35-26(32)33-4-1-5-36/h10-22,24-25,36-41H,1-9,28-31H2,(H,34,42)(H3,32,33,35)/t10?,11?,12-,13+,14+,15?,16-,17?,18?,19?,20-,21-,22?,24-,25?/m1/s1. The first kappa shape index (κ1) is 38.6. The van der Waals surface area contributed by atoms with Gasteiger partial charge in [-0.25, -0.2) is 4.39 Å². The molecule has 3 rings (SSSR count). The Morgan fingerprint density at radius 1 is 0.978 bits per heavy atom. The average molecular weight is 671 g/mol. The van der Waals surface area contributed by atoms with Crippen LogP contribution in [0.2, 0.25) is 0 Å².